The SMILES string of the molecule is CNc1nc(N)[nH]c(=O)c1C=N. The fourth-order valence-corrected chi connectivity index (χ4v) is 0.824. The van der Waals surface area contributed by atoms with Gasteiger partial charge in [0.15, 0.2) is 0 Å². The summed E-state index contributed by atoms with van der Waals surface area (Å²) in [7, 11) is 1.61. The van der Waals surface area contributed by atoms with Crippen LogP contribution in [0.1, 0.15) is 5.56 Å². The van der Waals surface area contributed by atoms with Crippen LogP contribution in [0.5, 0.6) is 0 Å². The van der Waals surface area contributed by atoms with Crippen LogP contribution in [-0.4, -0.2) is 23.2 Å². The van der Waals surface area contributed by atoms with E-state index < -0.39 is 5.56 Å². The Morgan fingerprint density at radius 3 is 2.92 bits per heavy atom. The van der Waals surface area contributed by atoms with Gasteiger partial charge < -0.3 is 16.5 Å². The van der Waals surface area contributed by atoms with E-state index in [9.17, 15) is 4.79 Å². The van der Waals surface area contributed by atoms with Gasteiger partial charge in [0.25, 0.3) is 5.56 Å². The summed E-state index contributed by atoms with van der Waals surface area (Å²) in [6.07, 6.45) is 0.928. The highest BCUT2D eigenvalue weighted by atomic mass is 16.1. The number of aromatic nitrogens is 2. The minimum atomic E-state index is -0.415. The number of rotatable bonds is 2. The topological polar surface area (TPSA) is 108 Å². The number of nitrogens with one attached hydrogen (secondary N) is 3. The van der Waals surface area contributed by atoms with Gasteiger partial charge in [-0.1, -0.05) is 0 Å². The van der Waals surface area contributed by atoms with E-state index >= 15 is 0 Å². The monoisotopic (exact) mass is 167 g/mol. The van der Waals surface area contributed by atoms with Crippen LogP contribution in [0.25, 0.3) is 0 Å². The van der Waals surface area contributed by atoms with Crippen LogP contribution in [0.3, 0.4) is 0 Å². The maximum Gasteiger partial charge on any atom is 0.263 e. The maximum absolute atomic E-state index is 11.1. The molecule has 0 saturated carbocycles. The Hall–Kier alpha value is -1.85. The number of hydrogen-bond donors (Lipinski definition) is 4. The lowest BCUT2D eigenvalue weighted by molar-refractivity contribution is 1.12. The molecule has 1 aromatic heterocycles. The lowest BCUT2D eigenvalue weighted by Gasteiger charge is -2.02. The first-order chi connectivity index (χ1) is 5.69. The van der Waals surface area contributed by atoms with Crippen LogP contribution in [0.4, 0.5) is 11.8 Å². The molecule has 5 N–H and O–H groups in total. The third-order valence-electron chi connectivity index (χ3n) is 1.35. The van der Waals surface area contributed by atoms with Crippen molar-refractivity contribution in [2.75, 3.05) is 18.1 Å². The number of H-pyrrole nitrogens is 1. The first-order valence-electron chi connectivity index (χ1n) is 3.27. The summed E-state index contributed by atoms with van der Waals surface area (Å²) in [6.45, 7) is 0. The van der Waals surface area contributed by atoms with Crippen molar-refractivity contribution in [3.05, 3.63) is 15.9 Å². The average Bonchev–Trinajstić information content (AvgIpc) is 2.03. The average molecular weight is 167 g/mol. The van der Waals surface area contributed by atoms with E-state index in [4.69, 9.17) is 11.1 Å². The van der Waals surface area contributed by atoms with Gasteiger partial charge in [-0.15, -0.1) is 0 Å². The molecule has 0 unspecified atom stereocenters. The van der Waals surface area contributed by atoms with Crippen LogP contribution >= 0.6 is 0 Å². The molecule has 0 aromatic carbocycles. The smallest absolute Gasteiger partial charge is 0.263 e. The zero-order valence-corrected chi connectivity index (χ0v) is 6.51. The van der Waals surface area contributed by atoms with Crippen LogP contribution < -0.4 is 16.6 Å². The van der Waals surface area contributed by atoms with Gasteiger partial charge in [-0.05, 0) is 0 Å². The minimum Gasteiger partial charge on any atom is -0.372 e. The van der Waals surface area contributed by atoms with E-state index in [1.807, 2.05) is 0 Å². The highest BCUT2D eigenvalue weighted by Crippen LogP contribution is 2.03. The van der Waals surface area contributed by atoms with Crippen molar-refractivity contribution in [2.45, 2.75) is 0 Å². The molecule has 0 bridgehead atoms. The van der Waals surface area contributed by atoms with E-state index in [1.54, 1.807) is 7.05 Å². The molecule has 12 heavy (non-hydrogen) atoms. The molecule has 0 radical (unpaired) electrons. The van der Waals surface area contributed by atoms with Crippen LogP contribution in [0.15, 0.2) is 4.79 Å². The van der Waals surface area contributed by atoms with E-state index in [-0.39, 0.29) is 11.5 Å². The van der Waals surface area contributed by atoms with Gasteiger partial charge in [-0.2, -0.15) is 4.98 Å². The van der Waals surface area contributed by atoms with Crippen LogP contribution in [0.2, 0.25) is 0 Å². The Kier molecular flexibility index (Phi) is 2.09. The molecule has 6 heteroatoms. The highest BCUT2D eigenvalue weighted by Gasteiger charge is 2.05. The third kappa shape index (κ3) is 1.26. The molecule has 0 aliphatic carbocycles. The van der Waals surface area contributed by atoms with Crippen molar-refractivity contribution in [1.29, 1.82) is 5.41 Å². The first-order valence-corrected chi connectivity index (χ1v) is 3.27. The molecule has 1 rings (SSSR count). The molecule has 0 aliphatic heterocycles. The van der Waals surface area contributed by atoms with Gasteiger partial charge in [0.1, 0.15) is 5.82 Å². The Labute approximate surface area is 68.3 Å². The Balaban J connectivity index is 3.44. The van der Waals surface area contributed by atoms with Crippen molar-refractivity contribution in [3.8, 4) is 0 Å². The predicted octanol–water partition coefficient (Wildman–Crippen LogP) is -0.609. The standard InChI is InChI=1S/C6H9N5O/c1-9-4-3(2-7)5(12)11-6(8)10-4/h2,7H,1H3,(H4,8,9,10,11,12). The van der Waals surface area contributed by atoms with E-state index in [2.05, 4.69) is 15.3 Å². The second kappa shape index (κ2) is 3.04. The van der Waals surface area contributed by atoms with Gasteiger partial charge in [-0.25, -0.2) is 0 Å². The summed E-state index contributed by atoms with van der Waals surface area (Å²) in [5, 5.41) is 9.60. The lowest BCUT2D eigenvalue weighted by Crippen LogP contribution is -2.18. The fraction of sp³-hybridized carbons (Fsp3) is 0.167. The van der Waals surface area contributed by atoms with Crippen LogP contribution in [0, 0.1) is 5.41 Å². The number of hydrogen-bond acceptors (Lipinski definition) is 5. The quantitative estimate of drug-likeness (QED) is 0.441. The summed E-state index contributed by atoms with van der Waals surface area (Å²) < 4.78 is 0. The number of anilines is 2. The van der Waals surface area contributed by atoms with Gasteiger partial charge in [0.2, 0.25) is 5.95 Å². The molecule has 1 heterocycles. The molecule has 0 saturated heterocycles. The number of nitrogen functional groups attached to an aromatic ring is 1. The molecule has 0 fully saturated rings. The van der Waals surface area contributed by atoms with E-state index in [1.165, 1.54) is 0 Å². The first kappa shape index (κ1) is 8.25. The van der Waals surface area contributed by atoms with Crippen LogP contribution in [-0.2, 0) is 0 Å². The zero-order chi connectivity index (χ0) is 9.14. The summed E-state index contributed by atoms with van der Waals surface area (Å²) in [5.74, 6) is 0.348. The van der Waals surface area contributed by atoms with Crippen molar-refractivity contribution >= 4 is 18.0 Å². The predicted molar refractivity (Wildman–Crippen MR) is 46.7 cm³/mol. The molecule has 0 amide bonds. The highest BCUT2D eigenvalue weighted by molar-refractivity contribution is 5.83. The van der Waals surface area contributed by atoms with Gasteiger partial charge >= 0.3 is 0 Å². The Morgan fingerprint density at radius 2 is 2.42 bits per heavy atom. The molecule has 6 nitrogen and oxygen atoms in total. The van der Waals surface area contributed by atoms with E-state index in [0.717, 1.165) is 6.21 Å². The normalized spacial score (nSPS) is 9.42. The summed E-state index contributed by atoms with van der Waals surface area (Å²) in [5.41, 5.74) is 5.03. The fourth-order valence-electron chi connectivity index (χ4n) is 0.824. The molecular formula is C6H9N5O. The molecule has 0 spiro atoms. The van der Waals surface area contributed by atoms with Gasteiger partial charge in [0.05, 0.1) is 5.56 Å². The Morgan fingerprint density at radius 1 is 1.75 bits per heavy atom. The Bertz CT molecular complexity index is 355. The van der Waals surface area contributed by atoms with Gasteiger partial charge in [-0.3, -0.25) is 9.78 Å². The summed E-state index contributed by atoms with van der Waals surface area (Å²) >= 11 is 0. The maximum atomic E-state index is 11.1. The summed E-state index contributed by atoms with van der Waals surface area (Å²) in [6, 6.07) is 0. The molecule has 0 atom stereocenters. The molecule has 0 aliphatic rings. The lowest BCUT2D eigenvalue weighted by atomic mass is 10.3. The number of nitrogens with two attached hydrogens (primary N) is 1. The number of aromatic amines is 1. The van der Waals surface area contributed by atoms with Crippen molar-refractivity contribution in [1.82, 2.24) is 9.97 Å². The third-order valence-corrected chi connectivity index (χ3v) is 1.35. The molecular weight excluding hydrogens is 158 g/mol. The van der Waals surface area contributed by atoms with Crippen molar-refractivity contribution in [2.24, 2.45) is 0 Å². The zero-order valence-electron chi connectivity index (χ0n) is 6.51. The largest absolute Gasteiger partial charge is 0.372 e. The second-order valence-corrected chi connectivity index (χ2v) is 2.11. The van der Waals surface area contributed by atoms with Crippen molar-refractivity contribution < 1.29 is 0 Å². The molecule has 1 aromatic rings. The molecule has 64 valence electrons. The summed E-state index contributed by atoms with van der Waals surface area (Å²) in [4.78, 5) is 17.2. The van der Waals surface area contributed by atoms with E-state index in [0.29, 0.717) is 5.82 Å². The van der Waals surface area contributed by atoms with Crippen molar-refractivity contribution in [3.63, 3.8) is 0 Å². The number of nitrogens with zero attached hydrogens (tertiary/aromatic N) is 1. The minimum absolute atomic E-state index is 0.0370. The second-order valence-electron chi connectivity index (χ2n) is 2.11. The van der Waals surface area contributed by atoms with Gasteiger partial charge in [0, 0.05) is 13.3 Å².